The predicted octanol–water partition coefficient (Wildman–Crippen LogP) is 0.489. The summed E-state index contributed by atoms with van der Waals surface area (Å²) in [5.41, 5.74) is 1.29. The van der Waals surface area contributed by atoms with Gasteiger partial charge in [-0.25, -0.2) is 0 Å². The van der Waals surface area contributed by atoms with Crippen molar-refractivity contribution >= 4 is 23.4 Å². The summed E-state index contributed by atoms with van der Waals surface area (Å²) in [5.74, 6) is -1.17. The minimum absolute atomic E-state index is 0.139. The molecule has 0 aromatic heterocycles. The van der Waals surface area contributed by atoms with Gasteiger partial charge in [-0.05, 0) is 18.6 Å². The lowest BCUT2D eigenvalue weighted by molar-refractivity contribution is -0.136. The molecule has 20 heavy (non-hydrogen) atoms. The molecule has 2 aliphatic rings. The summed E-state index contributed by atoms with van der Waals surface area (Å²) in [6.45, 7) is -2.24. The molecule has 2 heterocycles. The number of imide groups is 1. The van der Waals surface area contributed by atoms with Gasteiger partial charge in [0.15, 0.2) is 0 Å². The molecule has 0 radical (unpaired) electrons. The number of benzene rings is 1. The lowest BCUT2D eigenvalue weighted by Crippen LogP contribution is -2.52. The average molecular weight is 276 g/mol. The van der Waals surface area contributed by atoms with E-state index in [0.29, 0.717) is 16.8 Å². The Morgan fingerprint density at radius 2 is 2.25 bits per heavy atom. The zero-order valence-corrected chi connectivity index (χ0v) is 10.6. The normalized spacial score (nSPS) is 24.6. The molecule has 6 nitrogen and oxygen atoms in total. The van der Waals surface area contributed by atoms with E-state index in [1.807, 2.05) is 0 Å². The molecule has 6 heteroatoms. The Morgan fingerprint density at radius 3 is 3.00 bits per heavy atom. The largest absolute Gasteiger partial charge is 0.388 e. The van der Waals surface area contributed by atoms with E-state index < -0.39 is 18.9 Å². The molecule has 3 amide bonds. The molecule has 0 saturated carbocycles. The fraction of sp³-hybridized carbons (Fsp3) is 0.357. The summed E-state index contributed by atoms with van der Waals surface area (Å²) >= 11 is 0. The minimum Gasteiger partial charge on any atom is -0.388 e. The van der Waals surface area contributed by atoms with Crippen LogP contribution in [0, 0.1) is 0 Å². The van der Waals surface area contributed by atoms with Gasteiger partial charge in [-0.3, -0.25) is 19.7 Å². The van der Waals surface area contributed by atoms with E-state index in [2.05, 4.69) is 10.6 Å². The molecular formula is C14H15N3O3. The predicted molar refractivity (Wildman–Crippen MR) is 72.0 cm³/mol. The van der Waals surface area contributed by atoms with Gasteiger partial charge in [-0.15, -0.1) is 0 Å². The molecule has 0 bridgehead atoms. The smallest absolute Gasteiger partial charge is 0.255 e. The number of hydrogen-bond acceptors (Lipinski definition) is 4. The zero-order chi connectivity index (χ0) is 16.8. The van der Waals surface area contributed by atoms with Crippen molar-refractivity contribution in [1.82, 2.24) is 10.2 Å². The van der Waals surface area contributed by atoms with E-state index in [1.54, 1.807) is 18.2 Å². The summed E-state index contributed by atoms with van der Waals surface area (Å²) in [4.78, 5) is 37.1. The van der Waals surface area contributed by atoms with Crippen LogP contribution < -0.4 is 10.6 Å². The highest BCUT2D eigenvalue weighted by Gasteiger charge is 2.39. The van der Waals surface area contributed by atoms with Gasteiger partial charge in [-0.1, -0.05) is 6.07 Å². The summed E-state index contributed by atoms with van der Waals surface area (Å²) in [7, 11) is 0. The first kappa shape index (κ1) is 9.52. The third-order valence-electron chi connectivity index (χ3n) is 3.72. The average Bonchev–Trinajstić information content (AvgIpc) is 2.76. The number of nitrogens with one attached hydrogen (secondary N) is 2. The number of rotatable bonds is 2. The van der Waals surface area contributed by atoms with Crippen LogP contribution in [0.2, 0.25) is 0 Å². The molecule has 1 fully saturated rings. The number of nitrogens with zero attached hydrogens (tertiary/aromatic N) is 1. The number of amides is 3. The standard InChI is InChI=1S/C14H15N3O3/c1-15-10-4-2-3-8-9(10)7-17(14(8)20)11-5-6-12(18)16-13(11)19/h2-4,11,15H,5-7H2,1H3,(H,16,18,19)/i1D3. The molecule has 2 aliphatic heterocycles. The Labute approximate surface area is 120 Å². The molecular weight excluding hydrogens is 258 g/mol. The van der Waals surface area contributed by atoms with Gasteiger partial charge in [0.25, 0.3) is 5.91 Å². The maximum Gasteiger partial charge on any atom is 0.255 e. The molecule has 0 spiro atoms. The lowest BCUT2D eigenvalue weighted by atomic mass is 10.0. The summed E-state index contributed by atoms with van der Waals surface area (Å²) < 4.78 is 21.9. The van der Waals surface area contributed by atoms with Crippen LogP contribution in [0.15, 0.2) is 18.2 Å². The second-order valence-electron chi connectivity index (χ2n) is 4.86. The summed E-state index contributed by atoms with van der Waals surface area (Å²) in [6, 6.07) is 4.08. The minimum atomic E-state index is -2.37. The first-order valence-electron chi connectivity index (χ1n) is 7.81. The maximum atomic E-state index is 12.5. The number of carbonyl (C=O) groups excluding carboxylic acids is 3. The van der Waals surface area contributed by atoms with Crippen molar-refractivity contribution in [3.05, 3.63) is 29.3 Å². The van der Waals surface area contributed by atoms with E-state index in [0.717, 1.165) is 0 Å². The van der Waals surface area contributed by atoms with Gasteiger partial charge < -0.3 is 10.2 Å². The Morgan fingerprint density at radius 1 is 1.40 bits per heavy atom. The van der Waals surface area contributed by atoms with Crippen LogP contribution in [0.3, 0.4) is 0 Å². The SMILES string of the molecule is [2H]C([2H])([2H])Nc1cccc2c1CN(C1CCC(=O)NC1=O)C2=O. The van der Waals surface area contributed by atoms with Gasteiger partial charge in [0.1, 0.15) is 6.04 Å². The highest BCUT2D eigenvalue weighted by Crippen LogP contribution is 2.31. The first-order valence-corrected chi connectivity index (χ1v) is 6.31. The molecule has 1 aromatic rings. The number of fused-ring (bicyclic) bond motifs is 1. The van der Waals surface area contributed by atoms with Crippen molar-refractivity contribution in [2.45, 2.75) is 25.4 Å². The van der Waals surface area contributed by atoms with Crippen LogP contribution in [-0.2, 0) is 16.1 Å². The van der Waals surface area contributed by atoms with Crippen LogP contribution in [0.25, 0.3) is 0 Å². The highest BCUT2D eigenvalue weighted by molar-refractivity contribution is 6.06. The molecule has 104 valence electrons. The fourth-order valence-corrected chi connectivity index (χ4v) is 2.70. The van der Waals surface area contributed by atoms with Crippen molar-refractivity contribution < 1.29 is 18.5 Å². The number of carbonyl (C=O) groups is 3. The molecule has 3 rings (SSSR count). The van der Waals surface area contributed by atoms with Crippen molar-refractivity contribution in [1.29, 1.82) is 0 Å². The van der Waals surface area contributed by atoms with Crippen molar-refractivity contribution in [3.8, 4) is 0 Å². The molecule has 1 atom stereocenters. The monoisotopic (exact) mass is 276 g/mol. The first-order chi connectivity index (χ1) is 10.8. The second-order valence-corrected chi connectivity index (χ2v) is 4.86. The lowest BCUT2D eigenvalue weighted by Gasteiger charge is -2.29. The molecule has 1 aromatic carbocycles. The Hall–Kier alpha value is -2.37. The second kappa shape index (κ2) is 4.63. The molecule has 1 unspecified atom stereocenters. The fourth-order valence-electron chi connectivity index (χ4n) is 2.70. The van der Waals surface area contributed by atoms with E-state index in [4.69, 9.17) is 4.11 Å². The van der Waals surface area contributed by atoms with Gasteiger partial charge >= 0.3 is 0 Å². The van der Waals surface area contributed by atoms with E-state index >= 15 is 0 Å². The summed E-state index contributed by atoms with van der Waals surface area (Å²) in [5, 5.41) is 4.64. The van der Waals surface area contributed by atoms with Crippen LogP contribution >= 0.6 is 0 Å². The highest BCUT2D eigenvalue weighted by atomic mass is 16.2. The van der Waals surface area contributed by atoms with Crippen molar-refractivity contribution in [2.75, 3.05) is 12.3 Å². The third kappa shape index (κ3) is 1.84. The number of anilines is 1. The third-order valence-corrected chi connectivity index (χ3v) is 3.72. The van der Waals surface area contributed by atoms with Crippen molar-refractivity contribution in [2.24, 2.45) is 0 Å². The van der Waals surface area contributed by atoms with Crippen LogP contribution in [0.4, 0.5) is 5.69 Å². The number of hydrogen-bond donors (Lipinski definition) is 2. The quantitative estimate of drug-likeness (QED) is 0.771. The van der Waals surface area contributed by atoms with Crippen LogP contribution in [-0.4, -0.2) is 35.6 Å². The van der Waals surface area contributed by atoms with Crippen molar-refractivity contribution in [3.63, 3.8) is 0 Å². The molecule has 2 N–H and O–H groups in total. The van der Waals surface area contributed by atoms with E-state index in [9.17, 15) is 14.4 Å². The number of piperidine rings is 1. The Bertz CT molecular complexity index is 702. The van der Waals surface area contributed by atoms with Crippen LogP contribution in [0.5, 0.6) is 0 Å². The topological polar surface area (TPSA) is 78.5 Å². The van der Waals surface area contributed by atoms with E-state index in [1.165, 1.54) is 4.90 Å². The Kier molecular flexibility index (Phi) is 2.20. The van der Waals surface area contributed by atoms with Gasteiger partial charge in [-0.2, -0.15) is 0 Å². The summed E-state index contributed by atoms with van der Waals surface area (Å²) in [6.07, 6.45) is 0.448. The van der Waals surface area contributed by atoms with Crippen LogP contribution in [0.1, 0.15) is 32.9 Å². The maximum absolute atomic E-state index is 12.5. The van der Waals surface area contributed by atoms with Gasteiger partial charge in [0.05, 0.1) is 0 Å². The van der Waals surface area contributed by atoms with E-state index in [-0.39, 0.29) is 31.2 Å². The molecule has 0 aliphatic carbocycles. The van der Waals surface area contributed by atoms with Gasteiger partial charge in [0.2, 0.25) is 11.8 Å². The zero-order valence-electron chi connectivity index (χ0n) is 13.6. The molecule has 1 saturated heterocycles. The van der Waals surface area contributed by atoms with Gasteiger partial charge in [0, 0.05) is 40.9 Å². The Balaban J connectivity index is 1.88.